The van der Waals surface area contributed by atoms with Crippen LogP contribution in [0.15, 0.2) is 30.3 Å². The molecule has 0 saturated heterocycles. The molecule has 0 spiro atoms. The Morgan fingerprint density at radius 3 is 1.71 bits per heavy atom. The summed E-state index contributed by atoms with van der Waals surface area (Å²) in [7, 11) is 4.58. The molecule has 0 atom stereocenters. The van der Waals surface area contributed by atoms with Crippen LogP contribution in [0.2, 0.25) is 0 Å². The summed E-state index contributed by atoms with van der Waals surface area (Å²) in [6.45, 7) is 6.24. The second kappa shape index (κ2) is 18.5. The Morgan fingerprint density at radius 1 is 0.679 bits per heavy atom. The summed E-state index contributed by atoms with van der Waals surface area (Å²) in [6.07, 6.45) is 16.8. The highest BCUT2D eigenvalue weighted by Crippen LogP contribution is 2.12. The van der Waals surface area contributed by atoms with E-state index in [1.807, 2.05) is 0 Å². The molecule has 0 aliphatic heterocycles. The summed E-state index contributed by atoms with van der Waals surface area (Å²) in [5.74, 6) is 0. The van der Waals surface area contributed by atoms with E-state index < -0.39 is 0 Å². The van der Waals surface area contributed by atoms with Gasteiger partial charge in [0.1, 0.15) is 13.1 Å². The molecular formula is C25H46ClNO. The van der Waals surface area contributed by atoms with Crippen LogP contribution in [-0.4, -0.2) is 38.3 Å². The van der Waals surface area contributed by atoms with Crippen LogP contribution in [0.25, 0.3) is 0 Å². The van der Waals surface area contributed by atoms with E-state index in [0.717, 1.165) is 30.8 Å². The van der Waals surface area contributed by atoms with E-state index in [4.69, 9.17) is 4.74 Å². The molecule has 0 aliphatic rings. The number of likely N-dealkylation sites (N-methyl/N-ethyl adjacent to an activating group) is 1. The zero-order valence-corrected chi connectivity index (χ0v) is 19.7. The van der Waals surface area contributed by atoms with Gasteiger partial charge in [-0.1, -0.05) is 108 Å². The average molecular weight is 412 g/mol. The summed E-state index contributed by atoms with van der Waals surface area (Å²) in [6, 6.07) is 10.8. The molecule has 28 heavy (non-hydrogen) atoms. The predicted molar refractivity (Wildman–Crippen MR) is 119 cm³/mol. The second-order valence-corrected chi connectivity index (χ2v) is 8.80. The summed E-state index contributed by atoms with van der Waals surface area (Å²) < 4.78 is 6.87. The largest absolute Gasteiger partial charge is 1.00 e. The highest BCUT2D eigenvalue weighted by atomic mass is 35.5. The van der Waals surface area contributed by atoms with E-state index >= 15 is 0 Å². The first-order valence-corrected chi connectivity index (χ1v) is 11.6. The van der Waals surface area contributed by atoms with Gasteiger partial charge in [0.25, 0.3) is 0 Å². The monoisotopic (exact) mass is 411 g/mol. The number of hydrogen-bond donors (Lipinski definition) is 0. The zero-order chi connectivity index (χ0) is 19.6. The molecule has 164 valence electrons. The standard InChI is InChI=1S/C25H46NO.ClH/c1-4-5-6-7-8-9-10-11-12-13-14-18-22-27-23-21-26(2,3)24-25-19-16-15-17-20-25;/h15-17,19-20H,4-14,18,21-24H2,1-3H3;1H/q+1;/p-1. The third-order valence-corrected chi connectivity index (χ3v) is 5.44. The van der Waals surface area contributed by atoms with Crippen molar-refractivity contribution in [2.75, 3.05) is 33.9 Å². The van der Waals surface area contributed by atoms with Crippen molar-refractivity contribution in [1.82, 2.24) is 0 Å². The molecule has 0 fully saturated rings. The Bertz CT molecular complexity index is 435. The normalized spacial score (nSPS) is 11.4. The Balaban J connectivity index is 0.00000729. The van der Waals surface area contributed by atoms with Crippen LogP contribution >= 0.6 is 0 Å². The molecule has 0 heterocycles. The maximum Gasteiger partial charge on any atom is 0.104 e. The molecule has 0 aromatic heterocycles. The lowest BCUT2D eigenvalue weighted by Gasteiger charge is -2.29. The molecule has 1 aromatic carbocycles. The van der Waals surface area contributed by atoms with Gasteiger partial charge in [-0.15, -0.1) is 0 Å². The number of halogens is 1. The van der Waals surface area contributed by atoms with Crippen molar-refractivity contribution in [3.05, 3.63) is 35.9 Å². The number of benzene rings is 1. The van der Waals surface area contributed by atoms with Crippen molar-refractivity contribution in [2.45, 2.75) is 90.5 Å². The molecule has 0 aliphatic carbocycles. The van der Waals surface area contributed by atoms with Gasteiger partial charge in [-0.3, -0.25) is 0 Å². The molecule has 0 unspecified atom stereocenters. The fourth-order valence-electron chi connectivity index (χ4n) is 3.62. The molecule has 1 aromatic rings. The molecule has 3 heteroatoms. The molecule has 2 nitrogen and oxygen atoms in total. The third-order valence-electron chi connectivity index (χ3n) is 5.44. The Labute approximate surface area is 182 Å². The number of ether oxygens (including phenoxy) is 1. The quantitative estimate of drug-likeness (QED) is 0.262. The number of nitrogens with zero attached hydrogens (tertiary/aromatic N) is 1. The molecule has 0 N–H and O–H groups in total. The van der Waals surface area contributed by atoms with E-state index in [-0.39, 0.29) is 12.4 Å². The van der Waals surface area contributed by atoms with Gasteiger partial charge < -0.3 is 21.6 Å². The maximum atomic E-state index is 5.88. The summed E-state index contributed by atoms with van der Waals surface area (Å²) >= 11 is 0. The van der Waals surface area contributed by atoms with Gasteiger partial charge in [-0.05, 0) is 6.42 Å². The summed E-state index contributed by atoms with van der Waals surface area (Å²) in [5, 5.41) is 0. The topological polar surface area (TPSA) is 9.23 Å². The van der Waals surface area contributed by atoms with Crippen molar-refractivity contribution >= 4 is 0 Å². The molecule has 0 radical (unpaired) electrons. The van der Waals surface area contributed by atoms with Gasteiger partial charge in [0.05, 0.1) is 20.7 Å². The van der Waals surface area contributed by atoms with E-state index in [0.29, 0.717) is 0 Å². The highest BCUT2D eigenvalue weighted by molar-refractivity contribution is 5.13. The van der Waals surface area contributed by atoms with Crippen LogP contribution < -0.4 is 12.4 Å². The number of rotatable bonds is 18. The lowest BCUT2D eigenvalue weighted by Crippen LogP contribution is -3.00. The van der Waals surface area contributed by atoms with Crippen LogP contribution in [0.5, 0.6) is 0 Å². The van der Waals surface area contributed by atoms with Gasteiger partial charge in [0.2, 0.25) is 0 Å². The van der Waals surface area contributed by atoms with Gasteiger partial charge in [0.15, 0.2) is 0 Å². The van der Waals surface area contributed by atoms with Crippen molar-refractivity contribution in [3.63, 3.8) is 0 Å². The van der Waals surface area contributed by atoms with E-state index in [2.05, 4.69) is 51.4 Å². The maximum absolute atomic E-state index is 5.88. The minimum Gasteiger partial charge on any atom is -1.00 e. The first kappa shape index (κ1) is 27.4. The van der Waals surface area contributed by atoms with E-state index in [1.54, 1.807) is 0 Å². The Morgan fingerprint density at radius 2 is 1.18 bits per heavy atom. The molecule has 0 amide bonds. The first-order chi connectivity index (χ1) is 13.1. The summed E-state index contributed by atoms with van der Waals surface area (Å²) in [5.41, 5.74) is 1.41. The molecule has 0 saturated carbocycles. The van der Waals surface area contributed by atoms with Gasteiger partial charge in [-0.2, -0.15) is 0 Å². The van der Waals surface area contributed by atoms with Gasteiger partial charge >= 0.3 is 0 Å². The van der Waals surface area contributed by atoms with Crippen LogP contribution in [0.4, 0.5) is 0 Å². The lowest BCUT2D eigenvalue weighted by atomic mass is 10.1. The Hall–Kier alpha value is -0.570. The molecule has 0 bridgehead atoms. The van der Waals surface area contributed by atoms with Gasteiger partial charge in [-0.25, -0.2) is 0 Å². The highest BCUT2D eigenvalue weighted by Gasteiger charge is 2.15. The minimum atomic E-state index is 0. The van der Waals surface area contributed by atoms with Crippen molar-refractivity contribution in [3.8, 4) is 0 Å². The number of quaternary nitrogens is 1. The van der Waals surface area contributed by atoms with Crippen LogP contribution in [0.1, 0.15) is 89.5 Å². The van der Waals surface area contributed by atoms with Crippen molar-refractivity contribution < 1.29 is 21.6 Å². The SMILES string of the molecule is CCCCCCCCCCCCCCOCC[N+](C)(C)Cc1ccccc1.[Cl-]. The van der Waals surface area contributed by atoms with Crippen LogP contribution in [-0.2, 0) is 11.3 Å². The minimum absolute atomic E-state index is 0. The summed E-state index contributed by atoms with van der Waals surface area (Å²) in [4.78, 5) is 0. The van der Waals surface area contributed by atoms with Crippen LogP contribution in [0, 0.1) is 0 Å². The third kappa shape index (κ3) is 16.4. The molecular weight excluding hydrogens is 366 g/mol. The smallest absolute Gasteiger partial charge is 0.104 e. The van der Waals surface area contributed by atoms with E-state index in [9.17, 15) is 0 Å². The first-order valence-electron chi connectivity index (χ1n) is 11.6. The van der Waals surface area contributed by atoms with Gasteiger partial charge in [0, 0.05) is 12.2 Å². The second-order valence-electron chi connectivity index (χ2n) is 8.80. The number of hydrogen-bond acceptors (Lipinski definition) is 1. The van der Waals surface area contributed by atoms with E-state index in [1.165, 1.54) is 82.6 Å². The van der Waals surface area contributed by atoms with Crippen LogP contribution in [0.3, 0.4) is 0 Å². The predicted octanol–water partition coefficient (Wildman–Crippen LogP) is 3.98. The van der Waals surface area contributed by atoms with Crippen molar-refractivity contribution in [2.24, 2.45) is 0 Å². The zero-order valence-electron chi connectivity index (χ0n) is 18.9. The fraction of sp³-hybridized carbons (Fsp3) is 0.760. The van der Waals surface area contributed by atoms with Crippen molar-refractivity contribution in [1.29, 1.82) is 0 Å². The fourth-order valence-corrected chi connectivity index (χ4v) is 3.62. The Kier molecular flexibility index (Phi) is 18.1. The lowest BCUT2D eigenvalue weighted by molar-refractivity contribution is -0.904. The average Bonchev–Trinajstić information content (AvgIpc) is 2.65. The number of unbranched alkanes of at least 4 members (excludes halogenated alkanes) is 11. The molecule has 1 rings (SSSR count).